The molecule has 1 unspecified atom stereocenters. The number of nitrogens with two attached hydrogens (primary N) is 1. The van der Waals surface area contributed by atoms with Crippen molar-refractivity contribution in [3.05, 3.63) is 23.6 Å². The van der Waals surface area contributed by atoms with E-state index in [1.807, 2.05) is 6.92 Å². The highest BCUT2D eigenvalue weighted by atomic mass is 19.1. The maximum absolute atomic E-state index is 13.1. The number of halogens is 1. The Morgan fingerprint density at radius 3 is 2.78 bits per heavy atom. The molecule has 1 aromatic heterocycles. The average Bonchev–Trinajstić information content (AvgIpc) is 2.37. The zero-order chi connectivity index (χ0) is 13.7. The molecule has 100 valence electrons. The Balaban J connectivity index is 2.92. The first-order chi connectivity index (χ1) is 8.49. The number of nitrogen functional groups attached to an aromatic ring is 1. The molecular weight excluding hydrogens is 233 g/mol. The molecule has 0 radical (unpaired) electrons. The molecule has 0 saturated carbocycles. The van der Waals surface area contributed by atoms with Crippen molar-refractivity contribution >= 4 is 11.7 Å². The lowest BCUT2D eigenvalue weighted by molar-refractivity contribution is 0.0741. The van der Waals surface area contributed by atoms with Gasteiger partial charge in [0, 0.05) is 13.1 Å². The van der Waals surface area contributed by atoms with Gasteiger partial charge in [-0.25, -0.2) is 9.37 Å². The number of hydrogen-bond acceptors (Lipinski definition) is 3. The van der Waals surface area contributed by atoms with E-state index in [0.29, 0.717) is 19.0 Å². The number of carbonyl (C=O) groups excluding carboxylic acids is 1. The summed E-state index contributed by atoms with van der Waals surface area (Å²) in [6.07, 6.45) is 2.00. The van der Waals surface area contributed by atoms with Crippen LogP contribution >= 0.6 is 0 Å². The molecule has 1 rings (SSSR count). The molecule has 0 aliphatic heterocycles. The third-order valence-electron chi connectivity index (χ3n) is 3.01. The van der Waals surface area contributed by atoms with Gasteiger partial charge in [-0.1, -0.05) is 20.3 Å². The molecule has 0 spiro atoms. The Morgan fingerprint density at radius 2 is 2.22 bits per heavy atom. The van der Waals surface area contributed by atoms with Crippen LogP contribution in [0.4, 0.5) is 10.2 Å². The van der Waals surface area contributed by atoms with Gasteiger partial charge in [-0.05, 0) is 18.9 Å². The third-order valence-corrected chi connectivity index (χ3v) is 3.01. The number of pyridine rings is 1. The SMILES string of the molecule is CCC(C)CN(CC)C(=O)c1cc(F)cnc1N. The molecule has 2 N–H and O–H groups in total. The molecule has 1 amide bonds. The number of amides is 1. The third kappa shape index (κ3) is 3.42. The predicted octanol–water partition coefficient (Wildman–Crippen LogP) is 2.31. The molecule has 0 fully saturated rings. The highest BCUT2D eigenvalue weighted by molar-refractivity contribution is 5.98. The van der Waals surface area contributed by atoms with Gasteiger partial charge in [0.25, 0.3) is 5.91 Å². The number of nitrogens with zero attached hydrogens (tertiary/aromatic N) is 2. The van der Waals surface area contributed by atoms with Crippen molar-refractivity contribution in [3.63, 3.8) is 0 Å². The van der Waals surface area contributed by atoms with Crippen molar-refractivity contribution in [2.45, 2.75) is 27.2 Å². The Labute approximate surface area is 107 Å². The molecule has 5 heteroatoms. The van der Waals surface area contributed by atoms with Crippen LogP contribution in [0.25, 0.3) is 0 Å². The molecule has 0 aromatic carbocycles. The summed E-state index contributed by atoms with van der Waals surface area (Å²) in [4.78, 5) is 17.6. The minimum atomic E-state index is -0.549. The van der Waals surface area contributed by atoms with Gasteiger partial charge >= 0.3 is 0 Å². The Kier molecular flexibility index (Phi) is 5.07. The predicted molar refractivity (Wildman–Crippen MR) is 69.6 cm³/mol. The number of hydrogen-bond donors (Lipinski definition) is 1. The van der Waals surface area contributed by atoms with Crippen LogP contribution in [-0.4, -0.2) is 28.9 Å². The van der Waals surface area contributed by atoms with Gasteiger partial charge in [0.05, 0.1) is 11.8 Å². The second kappa shape index (κ2) is 6.33. The van der Waals surface area contributed by atoms with E-state index < -0.39 is 5.82 Å². The van der Waals surface area contributed by atoms with Crippen LogP contribution in [0.3, 0.4) is 0 Å². The standard InChI is InChI=1S/C13H20FN3O/c1-4-9(3)8-17(5-2)13(18)11-6-10(14)7-16-12(11)15/h6-7,9H,4-5,8H2,1-3H3,(H2,15,16). The first kappa shape index (κ1) is 14.4. The normalized spacial score (nSPS) is 12.2. The summed E-state index contributed by atoms with van der Waals surface area (Å²) in [6, 6.07) is 1.14. The highest BCUT2D eigenvalue weighted by Crippen LogP contribution is 2.14. The van der Waals surface area contributed by atoms with E-state index in [-0.39, 0.29) is 17.3 Å². The van der Waals surface area contributed by atoms with Gasteiger partial charge in [0.2, 0.25) is 0 Å². The van der Waals surface area contributed by atoms with Gasteiger partial charge in [0.15, 0.2) is 0 Å². The maximum Gasteiger partial charge on any atom is 0.257 e. The second-order valence-electron chi connectivity index (χ2n) is 4.44. The maximum atomic E-state index is 13.1. The summed E-state index contributed by atoms with van der Waals surface area (Å²) >= 11 is 0. The van der Waals surface area contributed by atoms with Crippen molar-refractivity contribution < 1.29 is 9.18 Å². The van der Waals surface area contributed by atoms with E-state index in [0.717, 1.165) is 18.7 Å². The summed E-state index contributed by atoms with van der Waals surface area (Å²) in [6.45, 7) is 7.24. The fourth-order valence-electron chi connectivity index (χ4n) is 1.65. The smallest absolute Gasteiger partial charge is 0.257 e. The van der Waals surface area contributed by atoms with E-state index in [1.54, 1.807) is 4.90 Å². The minimum absolute atomic E-state index is 0.0731. The Hall–Kier alpha value is -1.65. The molecule has 18 heavy (non-hydrogen) atoms. The van der Waals surface area contributed by atoms with Crippen LogP contribution < -0.4 is 5.73 Å². The Morgan fingerprint density at radius 1 is 1.56 bits per heavy atom. The van der Waals surface area contributed by atoms with E-state index in [4.69, 9.17) is 5.73 Å². The first-order valence-corrected chi connectivity index (χ1v) is 6.19. The van der Waals surface area contributed by atoms with Crippen LogP contribution in [0.2, 0.25) is 0 Å². The quantitative estimate of drug-likeness (QED) is 0.876. The van der Waals surface area contributed by atoms with E-state index >= 15 is 0 Å². The van der Waals surface area contributed by atoms with Crippen LogP contribution in [0.1, 0.15) is 37.6 Å². The number of aromatic nitrogens is 1. The molecule has 4 nitrogen and oxygen atoms in total. The molecule has 1 atom stereocenters. The molecule has 1 aromatic rings. The molecule has 1 heterocycles. The van der Waals surface area contributed by atoms with Crippen molar-refractivity contribution in [2.75, 3.05) is 18.8 Å². The number of rotatable bonds is 5. The van der Waals surface area contributed by atoms with Crippen LogP contribution in [-0.2, 0) is 0 Å². The summed E-state index contributed by atoms with van der Waals surface area (Å²) in [5, 5.41) is 0. The zero-order valence-electron chi connectivity index (χ0n) is 11.1. The highest BCUT2D eigenvalue weighted by Gasteiger charge is 2.19. The van der Waals surface area contributed by atoms with Crippen molar-refractivity contribution in [3.8, 4) is 0 Å². The lowest BCUT2D eigenvalue weighted by Gasteiger charge is -2.24. The first-order valence-electron chi connectivity index (χ1n) is 6.19. The minimum Gasteiger partial charge on any atom is -0.383 e. The summed E-state index contributed by atoms with van der Waals surface area (Å²) in [5.41, 5.74) is 5.76. The molecular formula is C13H20FN3O. The molecule has 0 aliphatic rings. The van der Waals surface area contributed by atoms with E-state index in [1.165, 1.54) is 0 Å². The fraction of sp³-hybridized carbons (Fsp3) is 0.538. The van der Waals surface area contributed by atoms with E-state index in [2.05, 4.69) is 18.8 Å². The molecule has 0 aliphatic carbocycles. The summed E-state index contributed by atoms with van der Waals surface area (Å²) in [7, 11) is 0. The zero-order valence-corrected chi connectivity index (χ0v) is 11.1. The monoisotopic (exact) mass is 253 g/mol. The Bertz CT molecular complexity index is 423. The molecule has 0 saturated heterocycles. The summed E-state index contributed by atoms with van der Waals surface area (Å²) in [5.74, 6) is -0.338. The van der Waals surface area contributed by atoms with Crippen molar-refractivity contribution in [1.82, 2.24) is 9.88 Å². The largest absolute Gasteiger partial charge is 0.383 e. The van der Waals surface area contributed by atoms with Crippen molar-refractivity contribution in [1.29, 1.82) is 0 Å². The van der Waals surface area contributed by atoms with Gasteiger partial charge < -0.3 is 10.6 Å². The van der Waals surface area contributed by atoms with Gasteiger partial charge in [-0.2, -0.15) is 0 Å². The molecule has 0 bridgehead atoms. The number of anilines is 1. The topological polar surface area (TPSA) is 59.2 Å². The van der Waals surface area contributed by atoms with Crippen LogP contribution in [0, 0.1) is 11.7 Å². The van der Waals surface area contributed by atoms with Crippen LogP contribution in [0.15, 0.2) is 12.3 Å². The lowest BCUT2D eigenvalue weighted by atomic mass is 10.1. The van der Waals surface area contributed by atoms with Gasteiger partial charge in [-0.15, -0.1) is 0 Å². The van der Waals surface area contributed by atoms with Gasteiger partial charge in [0.1, 0.15) is 11.6 Å². The van der Waals surface area contributed by atoms with E-state index in [9.17, 15) is 9.18 Å². The van der Waals surface area contributed by atoms with Gasteiger partial charge in [-0.3, -0.25) is 4.79 Å². The second-order valence-corrected chi connectivity index (χ2v) is 4.44. The average molecular weight is 253 g/mol. The fourth-order valence-corrected chi connectivity index (χ4v) is 1.65. The lowest BCUT2D eigenvalue weighted by Crippen LogP contribution is -2.35. The number of carbonyl (C=O) groups is 1. The van der Waals surface area contributed by atoms with Crippen molar-refractivity contribution in [2.24, 2.45) is 5.92 Å². The van der Waals surface area contributed by atoms with Crippen LogP contribution in [0.5, 0.6) is 0 Å². The summed E-state index contributed by atoms with van der Waals surface area (Å²) < 4.78 is 13.1.